The number of unbranched alkanes of at least 4 members (excludes halogenated alkanes) is 1. The van der Waals surface area contributed by atoms with Crippen LogP contribution in [-0.2, 0) is 4.79 Å². The zero-order valence-electron chi connectivity index (χ0n) is 12.4. The Hall–Kier alpha value is -0.610. The fourth-order valence-electron chi connectivity index (χ4n) is 2.30. The van der Waals surface area contributed by atoms with Crippen LogP contribution in [0.15, 0.2) is 0 Å². The van der Waals surface area contributed by atoms with Crippen LogP contribution >= 0.6 is 0 Å². The summed E-state index contributed by atoms with van der Waals surface area (Å²) in [5.74, 6) is 0.287. The van der Waals surface area contributed by atoms with E-state index in [2.05, 4.69) is 18.9 Å². The normalized spacial score (nSPS) is 26.1. The van der Waals surface area contributed by atoms with E-state index in [9.17, 15) is 9.90 Å². The predicted octanol–water partition coefficient (Wildman–Crippen LogP) is 2.03. The van der Waals surface area contributed by atoms with Crippen molar-refractivity contribution in [3.8, 4) is 0 Å². The Balaban J connectivity index is 2.68. The molecule has 1 fully saturated rings. The molecule has 0 aliphatic carbocycles. The van der Waals surface area contributed by atoms with E-state index >= 15 is 0 Å². The van der Waals surface area contributed by atoms with Gasteiger partial charge in [-0.2, -0.15) is 0 Å². The molecule has 1 saturated heterocycles. The van der Waals surface area contributed by atoms with Crippen LogP contribution in [-0.4, -0.2) is 45.8 Å². The summed E-state index contributed by atoms with van der Waals surface area (Å²) in [5, 5.41) is 13.9. The number of amides is 1. The van der Waals surface area contributed by atoms with Crippen molar-refractivity contribution in [2.45, 2.75) is 65.5 Å². The first-order chi connectivity index (χ1) is 8.28. The molecule has 1 aliphatic heterocycles. The van der Waals surface area contributed by atoms with Crippen LogP contribution < -0.4 is 0 Å². The third kappa shape index (κ3) is 3.69. The lowest BCUT2D eigenvalue weighted by molar-refractivity contribution is -0.141. The molecule has 1 heterocycles. The van der Waals surface area contributed by atoms with Crippen LogP contribution in [0.2, 0.25) is 0 Å². The predicted molar refractivity (Wildman–Crippen MR) is 72.9 cm³/mol. The van der Waals surface area contributed by atoms with Crippen LogP contribution in [0, 0.1) is 5.92 Å². The third-order valence-electron chi connectivity index (χ3n) is 3.82. The van der Waals surface area contributed by atoms with Crippen molar-refractivity contribution in [1.82, 2.24) is 10.0 Å². The topological polar surface area (TPSA) is 43.8 Å². The number of aliphatic hydroxyl groups is 1. The van der Waals surface area contributed by atoms with Gasteiger partial charge in [0, 0.05) is 19.1 Å². The van der Waals surface area contributed by atoms with Gasteiger partial charge >= 0.3 is 0 Å². The molecule has 4 heteroatoms. The summed E-state index contributed by atoms with van der Waals surface area (Å²) in [7, 11) is 0. The van der Waals surface area contributed by atoms with Gasteiger partial charge in [-0.25, -0.2) is 5.01 Å². The maximum atomic E-state index is 12.2. The average molecular weight is 256 g/mol. The van der Waals surface area contributed by atoms with Crippen LogP contribution in [0.1, 0.15) is 53.9 Å². The van der Waals surface area contributed by atoms with Gasteiger partial charge in [0.25, 0.3) is 0 Å². The lowest BCUT2D eigenvalue weighted by Crippen LogP contribution is -2.44. The molecule has 0 radical (unpaired) electrons. The first kappa shape index (κ1) is 15.4. The fraction of sp³-hybridized carbons (Fsp3) is 0.929. The molecule has 2 atom stereocenters. The molecule has 0 saturated carbocycles. The number of rotatable bonds is 6. The first-order valence-corrected chi connectivity index (χ1v) is 7.08. The van der Waals surface area contributed by atoms with Gasteiger partial charge in [-0.1, -0.05) is 20.3 Å². The van der Waals surface area contributed by atoms with Crippen LogP contribution in [0.5, 0.6) is 0 Å². The van der Waals surface area contributed by atoms with E-state index in [4.69, 9.17) is 0 Å². The summed E-state index contributed by atoms with van der Waals surface area (Å²) in [4.78, 5) is 12.2. The molecule has 1 aliphatic rings. The monoisotopic (exact) mass is 256 g/mol. The minimum absolute atomic E-state index is 0.0589. The van der Waals surface area contributed by atoms with Gasteiger partial charge in [0.1, 0.15) is 0 Å². The molecule has 1 N–H and O–H groups in total. The van der Waals surface area contributed by atoms with E-state index < -0.39 is 5.60 Å². The van der Waals surface area contributed by atoms with E-state index in [-0.39, 0.29) is 17.9 Å². The molecule has 106 valence electrons. The van der Waals surface area contributed by atoms with E-state index in [1.165, 1.54) is 0 Å². The summed E-state index contributed by atoms with van der Waals surface area (Å²) in [6.07, 6.45) is 2.80. The van der Waals surface area contributed by atoms with Crippen molar-refractivity contribution in [1.29, 1.82) is 0 Å². The minimum atomic E-state index is -0.676. The molecule has 0 bridgehead atoms. The van der Waals surface area contributed by atoms with Gasteiger partial charge in [0.15, 0.2) is 0 Å². The van der Waals surface area contributed by atoms with Gasteiger partial charge in [0.05, 0.1) is 11.5 Å². The highest BCUT2D eigenvalue weighted by Crippen LogP contribution is 2.26. The molecule has 0 aromatic rings. The zero-order valence-corrected chi connectivity index (χ0v) is 12.4. The lowest BCUT2D eigenvalue weighted by Gasteiger charge is -2.32. The zero-order chi connectivity index (χ0) is 13.9. The van der Waals surface area contributed by atoms with Gasteiger partial charge in [-0.05, 0) is 33.6 Å². The standard InChI is InChI=1S/C14H28N2O2/c1-6-7-9-16-13(17)11(2)12(3)15(16)10-8-14(4,5)18/h11-12,18H,6-10H2,1-5H3. The van der Waals surface area contributed by atoms with Crippen LogP contribution in [0.3, 0.4) is 0 Å². The smallest absolute Gasteiger partial charge is 0.241 e. The molecule has 0 aromatic heterocycles. The first-order valence-electron chi connectivity index (χ1n) is 7.08. The number of hydrogen-bond acceptors (Lipinski definition) is 3. The van der Waals surface area contributed by atoms with Gasteiger partial charge in [-0.3, -0.25) is 9.80 Å². The summed E-state index contributed by atoms with van der Waals surface area (Å²) in [6, 6.07) is 0.233. The molecule has 4 nitrogen and oxygen atoms in total. The molecule has 1 rings (SSSR count). The van der Waals surface area contributed by atoms with E-state index in [1.54, 1.807) is 0 Å². The Morgan fingerprint density at radius 3 is 2.39 bits per heavy atom. The summed E-state index contributed by atoms with van der Waals surface area (Å²) >= 11 is 0. The number of hydrazine groups is 1. The average Bonchev–Trinajstić information content (AvgIpc) is 2.47. The van der Waals surface area contributed by atoms with Crippen LogP contribution in [0.25, 0.3) is 0 Å². The number of carbonyl (C=O) groups excluding carboxylic acids is 1. The van der Waals surface area contributed by atoms with Crippen molar-refractivity contribution in [3.05, 3.63) is 0 Å². The second kappa shape index (κ2) is 6.02. The molecular formula is C14H28N2O2. The number of nitrogens with zero attached hydrogens (tertiary/aromatic N) is 2. The molecular weight excluding hydrogens is 228 g/mol. The lowest BCUT2D eigenvalue weighted by atomic mass is 10.0. The minimum Gasteiger partial charge on any atom is -0.390 e. The van der Waals surface area contributed by atoms with Gasteiger partial charge in [0.2, 0.25) is 5.91 Å². The highest BCUT2D eigenvalue weighted by atomic mass is 16.3. The van der Waals surface area contributed by atoms with Crippen molar-refractivity contribution in [3.63, 3.8) is 0 Å². The molecule has 1 amide bonds. The van der Waals surface area contributed by atoms with Crippen molar-refractivity contribution >= 4 is 5.91 Å². The summed E-state index contributed by atoms with van der Waals surface area (Å²) < 4.78 is 0. The Morgan fingerprint density at radius 2 is 1.89 bits per heavy atom. The summed E-state index contributed by atoms with van der Waals surface area (Å²) in [6.45, 7) is 11.4. The molecule has 0 aromatic carbocycles. The second-order valence-electron chi connectivity index (χ2n) is 6.07. The van der Waals surface area contributed by atoms with Crippen LogP contribution in [0.4, 0.5) is 0 Å². The summed E-state index contributed by atoms with van der Waals surface area (Å²) in [5.41, 5.74) is -0.676. The molecule has 18 heavy (non-hydrogen) atoms. The Labute approximate surface area is 111 Å². The Kier molecular flexibility index (Phi) is 5.17. The largest absolute Gasteiger partial charge is 0.390 e. The quantitative estimate of drug-likeness (QED) is 0.791. The van der Waals surface area contributed by atoms with Crippen molar-refractivity contribution in [2.24, 2.45) is 5.92 Å². The number of hydrogen-bond donors (Lipinski definition) is 1. The maximum absolute atomic E-state index is 12.2. The SMILES string of the molecule is CCCCN1C(=O)C(C)C(C)N1CCC(C)(C)O. The molecule has 0 spiro atoms. The van der Waals surface area contributed by atoms with E-state index in [0.717, 1.165) is 25.9 Å². The molecule has 2 unspecified atom stereocenters. The van der Waals surface area contributed by atoms with Gasteiger partial charge in [-0.15, -0.1) is 0 Å². The highest BCUT2D eigenvalue weighted by Gasteiger charge is 2.41. The maximum Gasteiger partial charge on any atom is 0.241 e. The fourth-order valence-corrected chi connectivity index (χ4v) is 2.30. The Morgan fingerprint density at radius 1 is 1.28 bits per heavy atom. The van der Waals surface area contributed by atoms with Crippen molar-refractivity contribution in [2.75, 3.05) is 13.1 Å². The van der Waals surface area contributed by atoms with E-state index in [1.807, 2.05) is 25.8 Å². The number of carbonyl (C=O) groups is 1. The van der Waals surface area contributed by atoms with E-state index in [0.29, 0.717) is 6.42 Å². The van der Waals surface area contributed by atoms with Gasteiger partial charge < -0.3 is 5.11 Å². The van der Waals surface area contributed by atoms with Crippen molar-refractivity contribution < 1.29 is 9.90 Å². The highest BCUT2D eigenvalue weighted by molar-refractivity contribution is 5.80. The third-order valence-corrected chi connectivity index (χ3v) is 3.82. The second-order valence-corrected chi connectivity index (χ2v) is 6.07. The Bertz CT molecular complexity index is 286.